The average molecular weight is 211 g/mol. The Morgan fingerprint density at radius 1 is 1.50 bits per heavy atom. The number of nitrogens with two attached hydrogens (primary N) is 1. The molecule has 1 aliphatic rings. The molecule has 1 rings (SSSR count). The minimum absolute atomic E-state index is 0.0723. The van der Waals surface area contributed by atoms with Crippen molar-refractivity contribution in [1.82, 2.24) is 4.90 Å². The van der Waals surface area contributed by atoms with E-state index in [1.807, 2.05) is 0 Å². The number of oxime groups is 1. The fourth-order valence-electron chi connectivity index (χ4n) is 1.22. The van der Waals surface area contributed by atoms with Crippen molar-refractivity contribution in [2.24, 2.45) is 10.9 Å². The van der Waals surface area contributed by atoms with Gasteiger partial charge in [-0.25, -0.2) is 0 Å². The Labute approximate surface area is 79.2 Å². The van der Waals surface area contributed by atoms with Crippen LogP contribution in [-0.2, 0) is 0 Å². The summed E-state index contributed by atoms with van der Waals surface area (Å²) in [4.78, 5) is 1.18. The molecule has 0 aromatic carbocycles. The maximum absolute atomic E-state index is 12.1. The molecule has 1 saturated carbocycles. The Bertz CT molecular complexity index is 225. The molecule has 0 aliphatic heterocycles. The summed E-state index contributed by atoms with van der Waals surface area (Å²) in [7, 11) is 0. The van der Waals surface area contributed by atoms with Crippen LogP contribution in [0.3, 0.4) is 0 Å². The Morgan fingerprint density at radius 3 is 2.43 bits per heavy atom. The third kappa shape index (κ3) is 3.82. The molecule has 0 unspecified atom stereocenters. The highest BCUT2D eigenvalue weighted by Crippen LogP contribution is 2.29. The summed E-state index contributed by atoms with van der Waals surface area (Å²) in [5.41, 5.74) is 5.15. The molecular formula is C7H12F3N3O. The van der Waals surface area contributed by atoms with Crippen molar-refractivity contribution >= 4 is 5.84 Å². The third-order valence-corrected chi connectivity index (χ3v) is 1.94. The smallest absolute Gasteiger partial charge is 0.401 e. The van der Waals surface area contributed by atoms with Crippen LogP contribution in [-0.4, -0.2) is 41.3 Å². The van der Waals surface area contributed by atoms with Crippen molar-refractivity contribution in [3.8, 4) is 0 Å². The first-order valence-corrected chi connectivity index (χ1v) is 4.19. The predicted octanol–water partition coefficient (Wildman–Crippen LogP) is 0.760. The van der Waals surface area contributed by atoms with Gasteiger partial charge < -0.3 is 10.9 Å². The van der Waals surface area contributed by atoms with E-state index < -0.39 is 12.7 Å². The van der Waals surface area contributed by atoms with Crippen molar-refractivity contribution in [3.63, 3.8) is 0 Å². The van der Waals surface area contributed by atoms with E-state index >= 15 is 0 Å². The molecule has 0 amide bonds. The van der Waals surface area contributed by atoms with Gasteiger partial charge in [-0.1, -0.05) is 5.16 Å². The highest BCUT2D eigenvalue weighted by Gasteiger charge is 2.38. The van der Waals surface area contributed by atoms with E-state index in [1.54, 1.807) is 0 Å². The van der Waals surface area contributed by atoms with Gasteiger partial charge >= 0.3 is 6.18 Å². The Hall–Kier alpha value is -0.980. The van der Waals surface area contributed by atoms with Crippen LogP contribution < -0.4 is 5.73 Å². The van der Waals surface area contributed by atoms with E-state index in [1.165, 1.54) is 4.90 Å². The molecular weight excluding hydrogens is 199 g/mol. The molecule has 0 spiro atoms. The van der Waals surface area contributed by atoms with E-state index in [-0.39, 0.29) is 18.4 Å². The van der Waals surface area contributed by atoms with Crippen molar-refractivity contribution in [3.05, 3.63) is 0 Å². The van der Waals surface area contributed by atoms with Crippen LogP contribution in [0.5, 0.6) is 0 Å². The first-order valence-electron chi connectivity index (χ1n) is 4.19. The normalized spacial score (nSPS) is 19.0. The Balaban J connectivity index is 2.47. The highest BCUT2D eigenvalue weighted by atomic mass is 19.4. The van der Waals surface area contributed by atoms with Gasteiger partial charge in [0.25, 0.3) is 0 Å². The average Bonchev–Trinajstić information content (AvgIpc) is 2.82. The molecule has 0 heterocycles. The molecule has 0 atom stereocenters. The van der Waals surface area contributed by atoms with Gasteiger partial charge in [-0.3, -0.25) is 4.90 Å². The summed E-state index contributed by atoms with van der Waals surface area (Å²) in [6.07, 6.45) is -2.75. The van der Waals surface area contributed by atoms with E-state index in [0.717, 1.165) is 12.8 Å². The van der Waals surface area contributed by atoms with Crippen molar-refractivity contribution < 1.29 is 18.4 Å². The largest absolute Gasteiger partial charge is 0.409 e. The zero-order valence-corrected chi connectivity index (χ0v) is 7.46. The lowest BCUT2D eigenvalue weighted by atomic mass is 10.4. The summed E-state index contributed by atoms with van der Waals surface area (Å²) in [5, 5.41) is 10.9. The van der Waals surface area contributed by atoms with E-state index in [4.69, 9.17) is 10.9 Å². The second kappa shape index (κ2) is 4.04. The zero-order valence-electron chi connectivity index (χ0n) is 7.46. The topological polar surface area (TPSA) is 61.8 Å². The number of hydrogen-bond acceptors (Lipinski definition) is 3. The molecule has 14 heavy (non-hydrogen) atoms. The lowest BCUT2D eigenvalue weighted by Gasteiger charge is -2.22. The standard InChI is InChI=1S/C7H12F3N3O/c8-7(9,10)4-13(5-1-2-5)3-6(11)12-14/h5,14H,1-4H2,(H2,11,12). The molecule has 0 radical (unpaired) electrons. The van der Waals surface area contributed by atoms with Gasteiger partial charge in [0, 0.05) is 6.04 Å². The van der Waals surface area contributed by atoms with E-state index in [2.05, 4.69) is 5.16 Å². The molecule has 3 N–H and O–H groups in total. The van der Waals surface area contributed by atoms with E-state index in [9.17, 15) is 13.2 Å². The molecule has 0 aromatic heterocycles. The van der Waals surface area contributed by atoms with Crippen LogP contribution in [0.1, 0.15) is 12.8 Å². The SMILES string of the molecule is NC(CN(CC(F)(F)F)C1CC1)=NO. The van der Waals surface area contributed by atoms with Crippen LogP contribution in [0.25, 0.3) is 0 Å². The van der Waals surface area contributed by atoms with Gasteiger partial charge in [0.1, 0.15) is 0 Å². The van der Waals surface area contributed by atoms with Gasteiger partial charge in [-0.15, -0.1) is 0 Å². The fraction of sp³-hybridized carbons (Fsp3) is 0.857. The maximum atomic E-state index is 12.1. The van der Waals surface area contributed by atoms with Crippen molar-refractivity contribution in [2.75, 3.05) is 13.1 Å². The second-order valence-corrected chi connectivity index (χ2v) is 3.34. The van der Waals surface area contributed by atoms with Crippen LogP contribution in [0.4, 0.5) is 13.2 Å². The highest BCUT2D eigenvalue weighted by molar-refractivity contribution is 5.81. The predicted molar refractivity (Wildman–Crippen MR) is 44.1 cm³/mol. The fourth-order valence-corrected chi connectivity index (χ4v) is 1.22. The summed E-state index contributed by atoms with van der Waals surface area (Å²) in [6, 6.07) is -0.0723. The van der Waals surface area contributed by atoms with Crippen LogP contribution >= 0.6 is 0 Å². The third-order valence-electron chi connectivity index (χ3n) is 1.94. The van der Waals surface area contributed by atoms with E-state index in [0.29, 0.717) is 0 Å². The maximum Gasteiger partial charge on any atom is 0.401 e. The van der Waals surface area contributed by atoms with Gasteiger partial charge in [0.05, 0.1) is 13.1 Å². The van der Waals surface area contributed by atoms with Crippen molar-refractivity contribution in [2.45, 2.75) is 25.1 Å². The van der Waals surface area contributed by atoms with Gasteiger partial charge in [-0.2, -0.15) is 13.2 Å². The molecule has 0 aromatic rings. The molecule has 1 fully saturated rings. The minimum atomic E-state index is -4.24. The first kappa shape index (κ1) is 11.1. The Kier molecular flexibility index (Phi) is 3.20. The minimum Gasteiger partial charge on any atom is -0.409 e. The van der Waals surface area contributed by atoms with Crippen molar-refractivity contribution in [1.29, 1.82) is 0 Å². The lowest BCUT2D eigenvalue weighted by molar-refractivity contribution is -0.145. The number of amidine groups is 1. The van der Waals surface area contributed by atoms with Crippen LogP contribution in [0.15, 0.2) is 5.16 Å². The summed E-state index contributed by atoms with van der Waals surface area (Å²) < 4.78 is 36.2. The number of hydrogen-bond donors (Lipinski definition) is 2. The number of rotatable bonds is 4. The monoisotopic (exact) mass is 211 g/mol. The second-order valence-electron chi connectivity index (χ2n) is 3.34. The summed E-state index contributed by atoms with van der Waals surface area (Å²) >= 11 is 0. The quantitative estimate of drug-likeness (QED) is 0.312. The Morgan fingerprint density at radius 2 is 2.07 bits per heavy atom. The summed E-state index contributed by atoms with van der Waals surface area (Å²) in [5.74, 6) is -0.193. The molecule has 7 heteroatoms. The van der Waals surface area contributed by atoms with Crippen LogP contribution in [0, 0.1) is 0 Å². The molecule has 0 saturated heterocycles. The van der Waals surface area contributed by atoms with Crippen LogP contribution in [0.2, 0.25) is 0 Å². The molecule has 4 nitrogen and oxygen atoms in total. The summed E-state index contributed by atoms with van der Waals surface area (Å²) in [6.45, 7) is -1.14. The van der Waals surface area contributed by atoms with Gasteiger partial charge in [0.2, 0.25) is 0 Å². The molecule has 0 bridgehead atoms. The number of alkyl halides is 3. The lowest BCUT2D eigenvalue weighted by Crippen LogP contribution is -2.41. The molecule has 82 valence electrons. The number of nitrogens with zero attached hydrogens (tertiary/aromatic N) is 2. The molecule has 1 aliphatic carbocycles. The number of halogens is 3. The first-order chi connectivity index (χ1) is 6.42. The van der Waals surface area contributed by atoms with Gasteiger partial charge in [0.15, 0.2) is 5.84 Å². The van der Waals surface area contributed by atoms with Gasteiger partial charge in [-0.05, 0) is 12.8 Å². The zero-order chi connectivity index (χ0) is 10.8.